The molecule has 1 aliphatic heterocycles. The third-order valence-corrected chi connectivity index (χ3v) is 5.40. The highest BCUT2D eigenvalue weighted by Crippen LogP contribution is 2.27. The van der Waals surface area contributed by atoms with Gasteiger partial charge in [0.05, 0.1) is 11.2 Å². The normalized spacial score (nSPS) is 14.9. The lowest BCUT2D eigenvalue weighted by Crippen LogP contribution is -2.35. The van der Waals surface area contributed by atoms with Crippen LogP contribution in [0.15, 0.2) is 54.7 Å². The predicted molar refractivity (Wildman–Crippen MR) is 111 cm³/mol. The van der Waals surface area contributed by atoms with Crippen LogP contribution in [0.1, 0.15) is 19.3 Å². The minimum absolute atomic E-state index is 0.532. The Bertz CT molecular complexity index is 967. The van der Waals surface area contributed by atoms with E-state index in [2.05, 4.69) is 45.5 Å². The highest BCUT2D eigenvalue weighted by atomic mass is 16.4. The number of nitrogens with one attached hydrogen (secondary N) is 1. The standard InChI is InChI=1S/C22H24N4O2/c27-22(28)24-12-8-16-9-13-26(14-10-16)21-5-1-4-20(25-21)18-6-7-19-17(15-18)3-2-11-23-19/h1-7,11,15-16,24H,8-10,12-14H2,(H,27,28). The van der Waals surface area contributed by atoms with Gasteiger partial charge in [-0.25, -0.2) is 9.78 Å². The molecule has 28 heavy (non-hydrogen) atoms. The molecule has 0 unspecified atom stereocenters. The third kappa shape index (κ3) is 4.22. The first kappa shape index (κ1) is 18.2. The van der Waals surface area contributed by atoms with E-state index in [9.17, 15) is 4.79 Å². The maximum atomic E-state index is 10.6. The Morgan fingerprint density at radius 1 is 1.14 bits per heavy atom. The van der Waals surface area contributed by atoms with E-state index >= 15 is 0 Å². The summed E-state index contributed by atoms with van der Waals surface area (Å²) in [4.78, 5) is 22.2. The number of aromatic nitrogens is 2. The van der Waals surface area contributed by atoms with E-state index in [4.69, 9.17) is 10.1 Å². The van der Waals surface area contributed by atoms with Crippen molar-refractivity contribution in [1.29, 1.82) is 0 Å². The van der Waals surface area contributed by atoms with Gasteiger partial charge in [-0.1, -0.05) is 18.2 Å². The van der Waals surface area contributed by atoms with Crippen molar-refractivity contribution < 1.29 is 9.90 Å². The van der Waals surface area contributed by atoms with Crippen LogP contribution in [0.3, 0.4) is 0 Å². The lowest BCUT2D eigenvalue weighted by Gasteiger charge is -2.33. The van der Waals surface area contributed by atoms with Crippen molar-refractivity contribution in [3.8, 4) is 11.3 Å². The van der Waals surface area contributed by atoms with Gasteiger partial charge in [0, 0.05) is 36.8 Å². The third-order valence-electron chi connectivity index (χ3n) is 5.40. The number of amides is 1. The van der Waals surface area contributed by atoms with Crippen LogP contribution in [0.5, 0.6) is 0 Å². The summed E-state index contributed by atoms with van der Waals surface area (Å²) in [7, 11) is 0. The van der Waals surface area contributed by atoms with Crippen molar-refractivity contribution in [3.05, 3.63) is 54.7 Å². The van der Waals surface area contributed by atoms with Crippen LogP contribution in [0, 0.1) is 5.92 Å². The minimum Gasteiger partial charge on any atom is -0.465 e. The van der Waals surface area contributed by atoms with Crippen molar-refractivity contribution in [1.82, 2.24) is 15.3 Å². The van der Waals surface area contributed by atoms with Crippen molar-refractivity contribution in [2.24, 2.45) is 5.92 Å². The zero-order chi connectivity index (χ0) is 19.3. The highest BCUT2D eigenvalue weighted by Gasteiger charge is 2.20. The maximum Gasteiger partial charge on any atom is 0.404 e. The van der Waals surface area contributed by atoms with Crippen LogP contribution in [0.25, 0.3) is 22.2 Å². The zero-order valence-corrected chi connectivity index (χ0v) is 15.7. The van der Waals surface area contributed by atoms with E-state index < -0.39 is 6.09 Å². The van der Waals surface area contributed by atoms with Gasteiger partial charge >= 0.3 is 6.09 Å². The Hall–Kier alpha value is -3.15. The molecule has 3 aromatic rings. The van der Waals surface area contributed by atoms with E-state index in [1.807, 2.05) is 24.4 Å². The van der Waals surface area contributed by atoms with Crippen molar-refractivity contribution in [3.63, 3.8) is 0 Å². The van der Waals surface area contributed by atoms with Gasteiger partial charge in [-0.05, 0) is 55.5 Å². The van der Waals surface area contributed by atoms with Crippen LogP contribution in [-0.4, -0.2) is 40.8 Å². The second kappa shape index (κ2) is 8.25. The summed E-state index contributed by atoms with van der Waals surface area (Å²) in [6.45, 7) is 2.44. The van der Waals surface area contributed by atoms with Gasteiger partial charge in [-0.15, -0.1) is 0 Å². The molecule has 0 spiro atoms. The van der Waals surface area contributed by atoms with Crippen LogP contribution >= 0.6 is 0 Å². The average Bonchev–Trinajstić information content (AvgIpc) is 2.74. The molecule has 2 N–H and O–H groups in total. The molecule has 1 aromatic carbocycles. The largest absolute Gasteiger partial charge is 0.465 e. The molecule has 0 aliphatic carbocycles. The van der Waals surface area contributed by atoms with Crippen LogP contribution in [0.2, 0.25) is 0 Å². The number of carbonyl (C=O) groups is 1. The minimum atomic E-state index is -0.942. The second-order valence-electron chi connectivity index (χ2n) is 7.24. The molecular weight excluding hydrogens is 352 g/mol. The van der Waals surface area contributed by atoms with E-state index in [0.717, 1.165) is 60.3 Å². The molecule has 1 amide bonds. The topological polar surface area (TPSA) is 78.4 Å². The van der Waals surface area contributed by atoms with E-state index in [-0.39, 0.29) is 0 Å². The Balaban J connectivity index is 1.43. The Morgan fingerprint density at radius 2 is 2.00 bits per heavy atom. The van der Waals surface area contributed by atoms with Gasteiger partial charge in [-0.3, -0.25) is 4.98 Å². The van der Waals surface area contributed by atoms with E-state index in [1.165, 1.54) is 0 Å². The van der Waals surface area contributed by atoms with Crippen molar-refractivity contribution in [2.75, 3.05) is 24.5 Å². The van der Waals surface area contributed by atoms with E-state index in [0.29, 0.717) is 12.5 Å². The number of benzene rings is 1. The number of pyridine rings is 2. The molecule has 3 heterocycles. The van der Waals surface area contributed by atoms with Gasteiger partial charge in [0.25, 0.3) is 0 Å². The number of hydrogen-bond acceptors (Lipinski definition) is 4. The summed E-state index contributed by atoms with van der Waals surface area (Å²) >= 11 is 0. The first-order valence-electron chi connectivity index (χ1n) is 9.73. The molecule has 0 atom stereocenters. The van der Waals surface area contributed by atoms with Crippen molar-refractivity contribution in [2.45, 2.75) is 19.3 Å². The quantitative estimate of drug-likeness (QED) is 0.699. The van der Waals surface area contributed by atoms with Gasteiger partial charge < -0.3 is 15.3 Å². The molecule has 1 aliphatic rings. The Morgan fingerprint density at radius 3 is 2.82 bits per heavy atom. The molecule has 4 rings (SSSR count). The van der Waals surface area contributed by atoms with Gasteiger partial charge in [-0.2, -0.15) is 0 Å². The highest BCUT2D eigenvalue weighted by molar-refractivity contribution is 5.83. The number of hydrogen-bond donors (Lipinski definition) is 2. The summed E-state index contributed by atoms with van der Waals surface area (Å²) in [6, 6.07) is 16.4. The molecule has 0 radical (unpaired) electrons. The first-order valence-corrected chi connectivity index (χ1v) is 9.73. The second-order valence-corrected chi connectivity index (χ2v) is 7.24. The molecule has 6 nitrogen and oxygen atoms in total. The number of piperidine rings is 1. The molecule has 2 aromatic heterocycles. The molecular formula is C22H24N4O2. The average molecular weight is 376 g/mol. The summed E-state index contributed by atoms with van der Waals surface area (Å²) < 4.78 is 0. The van der Waals surface area contributed by atoms with Gasteiger partial charge in [0.15, 0.2) is 0 Å². The number of fused-ring (bicyclic) bond motifs is 1. The van der Waals surface area contributed by atoms with Crippen LogP contribution < -0.4 is 10.2 Å². The summed E-state index contributed by atoms with van der Waals surface area (Å²) in [5, 5.41) is 12.3. The lowest BCUT2D eigenvalue weighted by molar-refractivity contribution is 0.193. The monoisotopic (exact) mass is 376 g/mol. The summed E-state index contributed by atoms with van der Waals surface area (Å²) in [6.07, 6.45) is 3.90. The van der Waals surface area contributed by atoms with E-state index in [1.54, 1.807) is 0 Å². The van der Waals surface area contributed by atoms with Crippen LogP contribution in [0.4, 0.5) is 10.6 Å². The molecule has 6 heteroatoms. The predicted octanol–water partition coefficient (Wildman–Crippen LogP) is 4.17. The fourth-order valence-electron chi connectivity index (χ4n) is 3.83. The SMILES string of the molecule is O=C(O)NCCC1CCN(c2cccc(-c3ccc4ncccc4c3)n2)CC1. The number of carboxylic acid groups (broad SMARTS) is 1. The Labute approximate surface area is 164 Å². The van der Waals surface area contributed by atoms with Gasteiger partial charge in [0.1, 0.15) is 5.82 Å². The molecule has 144 valence electrons. The zero-order valence-electron chi connectivity index (χ0n) is 15.7. The fourth-order valence-corrected chi connectivity index (χ4v) is 3.83. The summed E-state index contributed by atoms with van der Waals surface area (Å²) in [5.41, 5.74) is 3.05. The van der Waals surface area contributed by atoms with Crippen LogP contribution in [-0.2, 0) is 0 Å². The lowest BCUT2D eigenvalue weighted by atomic mass is 9.93. The smallest absolute Gasteiger partial charge is 0.404 e. The molecule has 1 saturated heterocycles. The number of nitrogens with zero attached hydrogens (tertiary/aromatic N) is 3. The molecule has 0 saturated carbocycles. The number of rotatable bonds is 5. The fraction of sp³-hybridized carbons (Fsp3) is 0.318. The molecule has 1 fully saturated rings. The first-order chi connectivity index (χ1) is 13.7. The molecule has 0 bridgehead atoms. The maximum absolute atomic E-state index is 10.6. The van der Waals surface area contributed by atoms with Gasteiger partial charge in [0.2, 0.25) is 0 Å². The number of anilines is 1. The summed E-state index contributed by atoms with van der Waals surface area (Å²) in [5.74, 6) is 1.57. The van der Waals surface area contributed by atoms with Crippen molar-refractivity contribution >= 4 is 22.8 Å². The Kier molecular flexibility index (Phi) is 5.37.